The first kappa shape index (κ1) is 32.0. The summed E-state index contributed by atoms with van der Waals surface area (Å²) in [6.45, 7) is 0. The maximum Gasteiger partial charge on any atom is 0.137 e. The van der Waals surface area contributed by atoms with E-state index in [9.17, 15) is 4.39 Å². The molecule has 0 saturated carbocycles. The zero-order valence-electron chi connectivity index (χ0n) is 30.2. The molecule has 0 aliphatic rings. The van der Waals surface area contributed by atoms with E-state index in [2.05, 4.69) is 155 Å². The van der Waals surface area contributed by atoms with Gasteiger partial charge in [0.2, 0.25) is 0 Å². The van der Waals surface area contributed by atoms with Gasteiger partial charge in [-0.3, -0.25) is 0 Å². The molecule has 0 saturated heterocycles. The van der Waals surface area contributed by atoms with E-state index in [1.807, 2.05) is 42.5 Å². The van der Waals surface area contributed by atoms with Crippen molar-refractivity contribution in [1.82, 2.24) is 4.57 Å². The number of anilines is 3. The van der Waals surface area contributed by atoms with E-state index in [-0.39, 0.29) is 5.82 Å². The molecule has 0 bridgehead atoms. The monoisotopic (exact) mass is 720 g/mol. The Balaban J connectivity index is 1.02. The molecule has 0 N–H and O–H groups in total. The minimum atomic E-state index is -0.245. The fraction of sp³-hybridized carbons (Fsp3) is 0. The number of hydrogen-bond acceptors (Lipinski definition) is 2. The van der Waals surface area contributed by atoms with Gasteiger partial charge in [0.25, 0.3) is 0 Å². The van der Waals surface area contributed by atoms with Gasteiger partial charge in [0.1, 0.15) is 17.0 Å². The van der Waals surface area contributed by atoms with Gasteiger partial charge in [0.15, 0.2) is 0 Å². The van der Waals surface area contributed by atoms with Gasteiger partial charge < -0.3 is 13.9 Å². The Morgan fingerprint density at radius 1 is 0.429 bits per heavy atom. The Kier molecular flexibility index (Phi) is 7.36. The number of halogens is 1. The average molecular weight is 721 g/mol. The van der Waals surface area contributed by atoms with Crippen molar-refractivity contribution in [3.63, 3.8) is 0 Å². The molecule has 0 spiro atoms. The van der Waals surface area contributed by atoms with Crippen molar-refractivity contribution in [2.75, 3.05) is 4.90 Å². The quantitative estimate of drug-likeness (QED) is 0.171. The fourth-order valence-corrected chi connectivity index (χ4v) is 8.48. The van der Waals surface area contributed by atoms with Crippen molar-refractivity contribution < 1.29 is 8.81 Å². The van der Waals surface area contributed by atoms with Gasteiger partial charge in [-0.25, -0.2) is 4.39 Å². The molecule has 0 atom stereocenters. The van der Waals surface area contributed by atoms with Crippen molar-refractivity contribution in [3.8, 4) is 27.9 Å². The number of nitrogens with zero attached hydrogens (tertiary/aromatic N) is 2. The van der Waals surface area contributed by atoms with Gasteiger partial charge in [-0.2, -0.15) is 0 Å². The van der Waals surface area contributed by atoms with Crippen LogP contribution in [-0.4, -0.2) is 4.57 Å². The van der Waals surface area contributed by atoms with Crippen LogP contribution in [0.5, 0.6) is 0 Å². The topological polar surface area (TPSA) is 21.3 Å². The number of rotatable bonds is 6. The molecule has 11 aromatic rings. The highest BCUT2D eigenvalue weighted by Crippen LogP contribution is 2.44. The third-order valence-corrected chi connectivity index (χ3v) is 11.0. The highest BCUT2D eigenvalue weighted by Gasteiger charge is 2.20. The maximum absolute atomic E-state index is 14.6. The van der Waals surface area contributed by atoms with Crippen LogP contribution in [-0.2, 0) is 0 Å². The van der Waals surface area contributed by atoms with Crippen LogP contribution in [0.1, 0.15) is 0 Å². The lowest BCUT2D eigenvalue weighted by molar-refractivity contribution is 0.629. The second kappa shape index (κ2) is 12.9. The minimum Gasteiger partial charge on any atom is -0.456 e. The smallest absolute Gasteiger partial charge is 0.137 e. The summed E-state index contributed by atoms with van der Waals surface area (Å²) in [5.41, 5.74) is 12.4. The largest absolute Gasteiger partial charge is 0.456 e. The molecule has 56 heavy (non-hydrogen) atoms. The van der Waals surface area contributed by atoms with Gasteiger partial charge >= 0.3 is 0 Å². The molecule has 0 aliphatic heterocycles. The van der Waals surface area contributed by atoms with E-state index in [0.717, 1.165) is 88.4 Å². The summed E-state index contributed by atoms with van der Waals surface area (Å²) in [7, 11) is 0. The van der Waals surface area contributed by atoms with E-state index in [0.29, 0.717) is 0 Å². The number of aromatic nitrogens is 1. The Labute approximate surface area is 322 Å². The molecule has 11 rings (SSSR count). The molecular weight excluding hydrogens is 688 g/mol. The van der Waals surface area contributed by atoms with Crippen LogP contribution in [0, 0.1) is 5.82 Å². The molecule has 2 heterocycles. The highest BCUT2D eigenvalue weighted by molar-refractivity contribution is 6.13. The zero-order chi connectivity index (χ0) is 37.2. The fourth-order valence-electron chi connectivity index (χ4n) is 8.48. The molecule has 0 aliphatic carbocycles. The Morgan fingerprint density at radius 2 is 1.07 bits per heavy atom. The van der Waals surface area contributed by atoms with Gasteiger partial charge in [0.05, 0.1) is 22.1 Å². The summed E-state index contributed by atoms with van der Waals surface area (Å²) < 4.78 is 23.1. The summed E-state index contributed by atoms with van der Waals surface area (Å²) in [5, 5.41) is 6.57. The third-order valence-electron chi connectivity index (χ3n) is 11.0. The molecule has 9 aromatic carbocycles. The van der Waals surface area contributed by atoms with E-state index in [1.54, 1.807) is 6.07 Å². The van der Waals surface area contributed by atoms with Gasteiger partial charge in [-0.15, -0.1) is 0 Å². The lowest BCUT2D eigenvalue weighted by Gasteiger charge is -2.26. The predicted molar refractivity (Wildman–Crippen MR) is 231 cm³/mol. The van der Waals surface area contributed by atoms with Crippen molar-refractivity contribution in [2.45, 2.75) is 0 Å². The van der Waals surface area contributed by atoms with E-state index < -0.39 is 0 Å². The summed E-state index contributed by atoms with van der Waals surface area (Å²) in [4.78, 5) is 2.33. The normalized spacial score (nSPS) is 11.7. The van der Waals surface area contributed by atoms with Gasteiger partial charge in [-0.1, -0.05) is 121 Å². The molecule has 0 radical (unpaired) electrons. The molecule has 264 valence electrons. The summed E-state index contributed by atoms with van der Waals surface area (Å²) >= 11 is 0. The van der Waals surface area contributed by atoms with Crippen LogP contribution in [0.25, 0.3) is 82.5 Å². The zero-order valence-corrected chi connectivity index (χ0v) is 30.2. The lowest BCUT2D eigenvalue weighted by atomic mass is 9.97. The first-order valence-corrected chi connectivity index (χ1v) is 18.9. The van der Waals surface area contributed by atoms with Crippen molar-refractivity contribution in [1.29, 1.82) is 0 Å². The number of benzene rings is 9. The number of para-hydroxylation sites is 2. The van der Waals surface area contributed by atoms with Crippen LogP contribution >= 0.6 is 0 Å². The second-order valence-corrected chi connectivity index (χ2v) is 14.3. The number of hydrogen-bond donors (Lipinski definition) is 0. The van der Waals surface area contributed by atoms with Crippen LogP contribution in [0.2, 0.25) is 0 Å². The standard InChI is InChI=1S/C52H33FN2O/c53-38-24-30-45-44-13-4-6-16-47(44)55(49(45)33-38)41-29-31-43-37(32-41)12-8-15-42(43)36-22-27-40(28-23-36)54(39-25-20-35(21-26-39)34-10-2-1-3-11-34)48-17-9-19-51-52(48)46-14-5-7-18-50(46)56-51/h1-33H. The maximum atomic E-state index is 14.6. The van der Waals surface area contributed by atoms with Crippen LogP contribution in [0.4, 0.5) is 21.5 Å². The summed E-state index contributed by atoms with van der Waals surface area (Å²) in [5.74, 6) is -0.245. The molecule has 0 amide bonds. The third kappa shape index (κ3) is 5.19. The molecule has 0 unspecified atom stereocenters. The highest BCUT2D eigenvalue weighted by atomic mass is 19.1. The number of fused-ring (bicyclic) bond motifs is 7. The van der Waals surface area contributed by atoms with Crippen LogP contribution in [0.15, 0.2) is 205 Å². The molecule has 4 heteroatoms. The predicted octanol–water partition coefficient (Wildman–Crippen LogP) is 14.8. The average Bonchev–Trinajstić information content (AvgIpc) is 3.80. The first-order valence-electron chi connectivity index (χ1n) is 18.9. The molecule has 0 fully saturated rings. The van der Waals surface area contributed by atoms with Crippen LogP contribution < -0.4 is 4.90 Å². The van der Waals surface area contributed by atoms with Crippen molar-refractivity contribution in [2.24, 2.45) is 0 Å². The summed E-state index contributed by atoms with van der Waals surface area (Å²) in [6, 6.07) is 69.0. The second-order valence-electron chi connectivity index (χ2n) is 14.3. The summed E-state index contributed by atoms with van der Waals surface area (Å²) in [6.07, 6.45) is 0. The Bertz CT molecular complexity index is 3250. The molecule has 3 nitrogen and oxygen atoms in total. The van der Waals surface area contributed by atoms with E-state index in [4.69, 9.17) is 4.42 Å². The molecule has 2 aromatic heterocycles. The van der Waals surface area contributed by atoms with E-state index in [1.165, 1.54) is 17.2 Å². The Hall–Kier alpha value is -7.43. The lowest BCUT2D eigenvalue weighted by Crippen LogP contribution is -2.10. The van der Waals surface area contributed by atoms with E-state index >= 15 is 0 Å². The minimum absolute atomic E-state index is 0.245. The SMILES string of the molecule is Fc1ccc2c3ccccc3n(-c3ccc4c(-c5ccc(N(c6ccc(-c7ccccc7)cc6)c6cccc7oc8ccccc8c67)cc5)cccc4c3)c2c1. The molecular formula is C52H33FN2O. The van der Waals surface area contributed by atoms with Crippen molar-refractivity contribution in [3.05, 3.63) is 206 Å². The van der Waals surface area contributed by atoms with Gasteiger partial charge in [0, 0.05) is 33.2 Å². The van der Waals surface area contributed by atoms with Crippen molar-refractivity contribution >= 4 is 71.6 Å². The first-order chi connectivity index (χ1) is 27.7. The number of furan rings is 1. The Morgan fingerprint density at radius 3 is 1.89 bits per heavy atom. The van der Waals surface area contributed by atoms with Gasteiger partial charge in [-0.05, 0) is 112 Å². The van der Waals surface area contributed by atoms with Crippen LogP contribution in [0.3, 0.4) is 0 Å².